The number of aliphatic hydroxyl groups is 2. The highest BCUT2D eigenvalue weighted by atomic mass is 16.4. The van der Waals surface area contributed by atoms with Crippen LogP contribution in [0.1, 0.15) is 39.2 Å². The van der Waals surface area contributed by atoms with Crippen molar-refractivity contribution in [2.24, 2.45) is 11.3 Å². The predicted molar refractivity (Wildman–Crippen MR) is 77.8 cm³/mol. The van der Waals surface area contributed by atoms with Gasteiger partial charge in [0.05, 0.1) is 0 Å². The second-order valence-corrected chi connectivity index (χ2v) is 7.34. The molecule has 0 spiro atoms. The summed E-state index contributed by atoms with van der Waals surface area (Å²) < 4.78 is 0. The molecule has 3 fully saturated rings. The van der Waals surface area contributed by atoms with E-state index in [1.165, 1.54) is 6.92 Å². The predicted octanol–water partition coefficient (Wildman–Crippen LogP) is 1.94. The Morgan fingerprint density at radius 3 is 2.14 bits per heavy atom. The third-order valence-electron chi connectivity index (χ3n) is 6.45. The third-order valence-corrected chi connectivity index (χ3v) is 6.45. The van der Waals surface area contributed by atoms with Gasteiger partial charge in [-0.3, -0.25) is 4.79 Å². The minimum Gasteiger partial charge on any atom is -0.480 e. The van der Waals surface area contributed by atoms with Gasteiger partial charge in [-0.2, -0.15) is 0 Å². The van der Waals surface area contributed by atoms with E-state index in [0.717, 1.165) is 0 Å². The van der Waals surface area contributed by atoms with Gasteiger partial charge >= 0.3 is 5.97 Å². The lowest BCUT2D eigenvalue weighted by atomic mass is 9.34. The van der Waals surface area contributed by atoms with Crippen LogP contribution >= 0.6 is 0 Å². The van der Waals surface area contributed by atoms with Crippen LogP contribution in [-0.4, -0.2) is 32.5 Å². The molecule has 3 saturated carbocycles. The molecule has 0 saturated heterocycles. The van der Waals surface area contributed by atoms with Crippen LogP contribution < -0.4 is 0 Å². The molecule has 1 aromatic carbocycles. The van der Waals surface area contributed by atoms with Crippen molar-refractivity contribution in [1.82, 2.24) is 0 Å². The summed E-state index contributed by atoms with van der Waals surface area (Å²) >= 11 is 0. The lowest BCUT2D eigenvalue weighted by Crippen LogP contribution is -2.83. The molecule has 4 atom stereocenters. The number of rotatable bonds is 2. The molecule has 4 rings (SSSR count). The Morgan fingerprint density at radius 2 is 1.67 bits per heavy atom. The summed E-state index contributed by atoms with van der Waals surface area (Å²) in [6.45, 7) is 5.30. The highest BCUT2D eigenvalue weighted by Gasteiger charge is 2.79. The maximum absolute atomic E-state index is 12.1. The van der Waals surface area contributed by atoms with E-state index < -0.39 is 28.0 Å². The first-order valence-electron chi connectivity index (χ1n) is 7.35. The largest absolute Gasteiger partial charge is 0.480 e. The fourth-order valence-corrected chi connectivity index (χ4v) is 4.70. The quantitative estimate of drug-likeness (QED) is 0.778. The van der Waals surface area contributed by atoms with Gasteiger partial charge in [0, 0.05) is 0 Å². The Bertz CT molecular complexity index is 592. The second kappa shape index (κ2) is 3.87. The first-order valence-corrected chi connectivity index (χ1v) is 7.35. The van der Waals surface area contributed by atoms with Crippen LogP contribution in [0.5, 0.6) is 0 Å². The standard InChI is InChI=1S/C17H22O4/c1-14(2)12-9-16(13(18)19,11-7-5-4-6-8-11)15(3,20)17(14,21)10-12/h4-8,12,20-21H,9-10H2,1-3H3,(H,18,19). The first kappa shape index (κ1) is 14.5. The summed E-state index contributed by atoms with van der Waals surface area (Å²) in [5.41, 5.74) is -4.52. The lowest BCUT2D eigenvalue weighted by Gasteiger charge is -2.72. The van der Waals surface area contributed by atoms with E-state index in [2.05, 4.69) is 0 Å². The Hall–Kier alpha value is -1.39. The molecular weight excluding hydrogens is 268 g/mol. The van der Waals surface area contributed by atoms with Crippen LogP contribution in [0, 0.1) is 11.3 Å². The molecule has 114 valence electrons. The molecule has 3 N–H and O–H groups in total. The lowest BCUT2D eigenvalue weighted by molar-refractivity contribution is -0.337. The second-order valence-electron chi connectivity index (χ2n) is 7.34. The van der Waals surface area contributed by atoms with Gasteiger partial charge in [-0.25, -0.2) is 0 Å². The van der Waals surface area contributed by atoms with Crippen molar-refractivity contribution in [2.75, 3.05) is 0 Å². The normalized spacial score (nSPS) is 44.0. The molecule has 4 heteroatoms. The van der Waals surface area contributed by atoms with E-state index in [1.807, 2.05) is 19.9 Å². The van der Waals surface area contributed by atoms with Crippen molar-refractivity contribution >= 4 is 5.97 Å². The number of fused-ring (bicyclic) bond motifs is 2. The summed E-state index contributed by atoms with van der Waals surface area (Å²) in [4.78, 5) is 12.1. The Kier molecular flexibility index (Phi) is 2.68. The zero-order valence-electron chi connectivity index (χ0n) is 12.6. The first-order chi connectivity index (χ1) is 9.61. The minimum atomic E-state index is -1.73. The Labute approximate surface area is 124 Å². The fraction of sp³-hybridized carbons (Fsp3) is 0.588. The summed E-state index contributed by atoms with van der Waals surface area (Å²) in [5, 5.41) is 32.1. The smallest absolute Gasteiger partial charge is 0.317 e. The van der Waals surface area contributed by atoms with E-state index in [9.17, 15) is 20.1 Å². The van der Waals surface area contributed by atoms with Crippen LogP contribution in [0.25, 0.3) is 0 Å². The zero-order chi connectivity index (χ0) is 15.7. The van der Waals surface area contributed by atoms with E-state index in [1.54, 1.807) is 24.3 Å². The maximum atomic E-state index is 12.1. The average Bonchev–Trinajstić information content (AvgIpc) is 2.42. The summed E-state index contributed by atoms with van der Waals surface area (Å²) in [7, 11) is 0. The molecule has 4 nitrogen and oxygen atoms in total. The number of carboxylic acids is 1. The molecule has 0 aliphatic heterocycles. The number of hydrogen-bond acceptors (Lipinski definition) is 3. The van der Waals surface area contributed by atoms with Crippen molar-refractivity contribution in [3.05, 3.63) is 35.9 Å². The van der Waals surface area contributed by atoms with Crippen molar-refractivity contribution in [2.45, 2.75) is 50.2 Å². The third kappa shape index (κ3) is 1.35. The highest BCUT2D eigenvalue weighted by Crippen LogP contribution is 2.70. The van der Waals surface area contributed by atoms with E-state index in [4.69, 9.17) is 0 Å². The topological polar surface area (TPSA) is 77.8 Å². The molecule has 0 heterocycles. The van der Waals surface area contributed by atoms with Gasteiger partial charge in [0.1, 0.15) is 16.6 Å². The van der Waals surface area contributed by atoms with Crippen molar-refractivity contribution in [1.29, 1.82) is 0 Å². The molecule has 4 unspecified atom stereocenters. The number of carbonyl (C=O) groups is 1. The Morgan fingerprint density at radius 1 is 1.10 bits per heavy atom. The Balaban J connectivity index is 2.23. The number of hydrogen-bond donors (Lipinski definition) is 3. The summed E-state index contributed by atoms with van der Waals surface area (Å²) in [5.74, 6) is -0.989. The molecular formula is C17H22O4. The summed E-state index contributed by atoms with van der Waals surface area (Å²) in [6.07, 6.45) is 0.795. The molecule has 3 aliphatic rings. The van der Waals surface area contributed by atoms with Crippen molar-refractivity contribution in [3.63, 3.8) is 0 Å². The number of aliphatic carboxylic acids is 1. The van der Waals surface area contributed by atoms with Crippen molar-refractivity contribution in [3.8, 4) is 0 Å². The van der Waals surface area contributed by atoms with Crippen LogP contribution in [0.2, 0.25) is 0 Å². The van der Waals surface area contributed by atoms with Crippen LogP contribution in [0.4, 0.5) is 0 Å². The average molecular weight is 290 g/mol. The van der Waals surface area contributed by atoms with Crippen molar-refractivity contribution < 1.29 is 20.1 Å². The van der Waals surface area contributed by atoms with Crippen LogP contribution in [0.15, 0.2) is 30.3 Å². The SMILES string of the molecule is CC1(C)C2CC(C(=O)O)(c3ccccc3)C(C)(O)C1(O)C2. The van der Waals surface area contributed by atoms with Gasteiger partial charge in [0.2, 0.25) is 0 Å². The van der Waals surface area contributed by atoms with E-state index in [0.29, 0.717) is 18.4 Å². The van der Waals surface area contributed by atoms with Crippen LogP contribution in [-0.2, 0) is 10.2 Å². The van der Waals surface area contributed by atoms with Gasteiger partial charge in [-0.1, -0.05) is 44.2 Å². The highest BCUT2D eigenvalue weighted by molar-refractivity contribution is 5.84. The van der Waals surface area contributed by atoms with Gasteiger partial charge in [0.25, 0.3) is 0 Å². The number of carboxylic acid groups (broad SMARTS) is 1. The monoisotopic (exact) mass is 290 g/mol. The zero-order valence-corrected chi connectivity index (χ0v) is 12.6. The molecule has 3 aliphatic carbocycles. The maximum Gasteiger partial charge on any atom is 0.317 e. The minimum absolute atomic E-state index is 0.0824. The van der Waals surface area contributed by atoms with Gasteiger partial charge in [0.15, 0.2) is 0 Å². The molecule has 0 radical (unpaired) electrons. The molecule has 0 amide bonds. The van der Waals surface area contributed by atoms with Gasteiger partial charge in [-0.15, -0.1) is 0 Å². The molecule has 0 aromatic heterocycles. The summed E-state index contributed by atoms with van der Waals surface area (Å²) in [6, 6.07) is 8.81. The van der Waals surface area contributed by atoms with Gasteiger partial charge in [-0.05, 0) is 36.7 Å². The molecule has 2 bridgehead atoms. The van der Waals surface area contributed by atoms with Crippen LogP contribution in [0.3, 0.4) is 0 Å². The molecule has 1 aromatic rings. The number of benzene rings is 1. The van der Waals surface area contributed by atoms with Gasteiger partial charge < -0.3 is 15.3 Å². The van der Waals surface area contributed by atoms with E-state index >= 15 is 0 Å². The van der Waals surface area contributed by atoms with E-state index in [-0.39, 0.29) is 5.92 Å². The molecule has 21 heavy (non-hydrogen) atoms. The fourth-order valence-electron chi connectivity index (χ4n) is 4.70.